The Balaban J connectivity index is 2.21. The predicted octanol–water partition coefficient (Wildman–Crippen LogP) is 2.75. The number of nitrogens with zero attached hydrogens (tertiary/aromatic N) is 3. The largest absolute Gasteiger partial charge is 0.396 e. The molecule has 4 nitrogen and oxygen atoms in total. The lowest BCUT2D eigenvalue weighted by Crippen LogP contribution is -2.28. The zero-order chi connectivity index (χ0) is 13.8. The molecule has 1 fully saturated rings. The van der Waals surface area contributed by atoms with Crippen LogP contribution in [0.4, 0.5) is 5.69 Å². The number of rotatable bonds is 5. The molecule has 102 valence electrons. The summed E-state index contributed by atoms with van der Waals surface area (Å²) >= 11 is 0. The van der Waals surface area contributed by atoms with Crippen LogP contribution in [0.5, 0.6) is 0 Å². The summed E-state index contributed by atoms with van der Waals surface area (Å²) in [4.78, 5) is 2.34. The Labute approximate surface area is 114 Å². The average Bonchev–Trinajstić information content (AvgIpc) is 2.96. The molecule has 1 atom stereocenters. The van der Waals surface area contributed by atoms with E-state index in [1.807, 2.05) is 23.0 Å². The summed E-state index contributed by atoms with van der Waals surface area (Å²) in [5.41, 5.74) is 8.90. The monoisotopic (exact) mass is 258 g/mol. The molecular weight excluding hydrogens is 236 g/mol. The van der Waals surface area contributed by atoms with E-state index in [0.29, 0.717) is 5.69 Å². The van der Waals surface area contributed by atoms with Crippen molar-refractivity contribution in [3.8, 4) is 0 Å². The number of aromatic nitrogens is 2. The van der Waals surface area contributed by atoms with Gasteiger partial charge in [0.2, 0.25) is 0 Å². The van der Waals surface area contributed by atoms with Gasteiger partial charge in [0.15, 0.2) is 0 Å². The third-order valence-corrected chi connectivity index (χ3v) is 3.58. The molecule has 1 aromatic heterocycles. The van der Waals surface area contributed by atoms with Crippen molar-refractivity contribution < 1.29 is 0 Å². The van der Waals surface area contributed by atoms with Crippen LogP contribution in [0, 0.1) is 0 Å². The fourth-order valence-electron chi connectivity index (χ4n) is 2.48. The van der Waals surface area contributed by atoms with Crippen LogP contribution in [0.2, 0.25) is 0 Å². The number of hydrogen-bond donors (Lipinski definition) is 1. The minimum absolute atomic E-state index is 0.171. The Morgan fingerprint density at radius 3 is 2.95 bits per heavy atom. The van der Waals surface area contributed by atoms with Gasteiger partial charge in [0.25, 0.3) is 0 Å². The molecule has 0 saturated carbocycles. The number of allylic oxidation sites excluding steroid dienone is 3. The van der Waals surface area contributed by atoms with Crippen LogP contribution in [0.1, 0.15) is 25.8 Å². The molecule has 1 unspecified atom stereocenters. The fourth-order valence-corrected chi connectivity index (χ4v) is 2.48. The lowest BCUT2D eigenvalue weighted by Gasteiger charge is -2.27. The van der Waals surface area contributed by atoms with E-state index in [0.717, 1.165) is 19.5 Å². The molecule has 1 aliphatic rings. The Bertz CT molecular complexity index is 498. The zero-order valence-corrected chi connectivity index (χ0v) is 11.5. The number of hydrogen-bond acceptors (Lipinski definition) is 3. The highest BCUT2D eigenvalue weighted by Gasteiger charge is 2.22. The molecule has 1 aromatic rings. The molecule has 19 heavy (non-hydrogen) atoms. The summed E-state index contributed by atoms with van der Waals surface area (Å²) in [6, 6.07) is 0.171. The third-order valence-electron chi connectivity index (χ3n) is 3.58. The smallest absolute Gasteiger partial charge is 0.0904 e. The molecule has 0 aromatic carbocycles. The first-order valence-electron chi connectivity index (χ1n) is 6.63. The van der Waals surface area contributed by atoms with Crippen LogP contribution in [-0.4, -0.2) is 27.8 Å². The second kappa shape index (κ2) is 5.78. The van der Waals surface area contributed by atoms with Gasteiger partial charge in [0, 0.05) is 25.0 Å². The molecule has 1 aliphatic heterocycles. The number of likely N-dealkylation sites (tertiary alicyclic amines) is 1. The van der Waals surface area contributed by atoms with E-state index in [1.54, 1.807) is 6.20 Å². The molecule has 2 N–H and O–H groups in total. The Morgan fingerprint density at radius 2 is 2.42 bits per heavy atom. The van der Waals surface area contributed by atoms with Crippen molar-refractivity contribution in [3.63, 3.8) is 0 Å². The lowest BCUT2D eigenvalue weighted by atomic mass is 10.1. The first-order chi connectivity index (χ1) is 9.11. The van der Waals surface area contributed by atoms with E-state index in [4.69, 9.17) is 5.73 Å². The van der Waals surface area contributed by atoms with Crippen LogP contribution >= 0.6 is 0 Å². The van der Waals surface area contributed by atoms with Crippen LogP contribution in [0.25, 0.3) is 0 Å². The van der Waals surface area contributed by atoms with Gasteiger partial charge in [-0.1, -0.05) is 25.3 Å². The molecule has 2 heterocycles. The highest BCUT2D eigenvalue weighted by atomic mass is 15.3. The van der Waals surface area contributed by atoms with Crippen molar-refractivity contribution in [3.05, 3.63) is 49.0 Å². The Hall–Kier alpha value is -1.97. The van der Waals surface area contributed by atoms with Gasteiger partial charge < -0.3 is 10.6 Å². The minimum atomic E-state index is 0.171. The first-order valence-corrected chi connectivity index (χ1v) is 6.63. The molecule has 0 radical (unpaired) electrons. The van der Waals surface area contributed by atoms with Crippen molar-refractivity contribution >= 4 is 5.69 Å². The van der Waals surface area contributed by atoms with Gasteiger partial charge in [-0.15, -0.1) is 0 Å². The van der Waals surface area contributed by atoms with Gasteiger partial charge in [0.1, 0.15) is 0 Å². The third kappa shape index (κ3) is 3.08. The first kappa shape index (κ1) is 13.5. The second-order valence-electron chi connectivity index (χ2n) is 5.03. The molecule has 0 spiro atoms. The number of nitrogens with two attached hydrogens (primary N) is 1. The van der Waals surface area contributed by atoms with Crippen molar-refractivity contribution in [2.75, 3.05) is 18.8 Å². The van der Waals surface area contributed by atoms with E-state index in [1.165, 1.54) is 17.7 Å². The van der Waals surface area contributed by atoms with Crippen molar-refractivity contribution in [1.29, 1.82) is 0 Å². The summed E-state index contributed by atoms with van der Waals surface area (Å²) in [6.07, 6.45) is 9.70. The second-order valence-corrected chi connectivity index (χ2v) is 5.03. The van der Waals surface area contributed by atoms with E-state index in [-0.39, 0.29) is 6.04 Å². The maximum absolute atomic E-state index is 5.77. The molecule has 0 amide bonds. The fraction of sp³-hybridized carbons (Fsp3) is 0.400. The molecular formula is C15H22N4. The number of nitrogen functional groups attached to an aromatic ring is 1. The summed E-state index contributed by atoms with van der Waals surface area (Å²) < 4.78 is 1.93. The van der Waals surface area contributed by atoms with Crippen molar-refractivity contribution in [2.45, 2.75) is 25.8 Å². The van der Waals surface area contributed by atoms with Crippen molar-refractivity contribution in [2.24, 2.45) is 0 Å². The van der Waals surface area contributed by atoms with Crippen LogP contribution in [-0.2, 0) is 0 Å². The van der Waals surface area contributed by atoms with Gasteiger partial charge in [-0.05, 0) is 25.3 Å². The zero-order valence-electron chi connectivity index (χ0n) is 11.5. The maximum atomic E-state index is 5.77. The minimum Gasteiger partial charge on any atom is -0.396 e. The molecule has 0 aliphatic carbocycles. The van der Waals surface area contributed by atoms with E-state index in [2.05, 4.69) is 30.1 Å². The topological polar surface area (TPSA) is 47.1 Å². The Kier molecular flexibility index (Phi) is 4.10. The summed E-state index contributed by atoms with van der Waals surface area (Å²) in [7, 11) is 0. The standard InChI is InChI=1S/C15H22N4/c1-4-6-12(2)15(19-10-14(16)9-17-19)11-18-8-5-7-13(18)3/h4,6,9-10,15H,1,3,5,7-8,11,16H2,2H3. The highest BCUT2D eigenvalue weighted by Crippen LogP contribution is 2.25. The molecule has 4 heteroatoms. The molecule has 2 rings (SSSR count). The average molecular weight is 258 g/mol. The SMILES string of the molecule is C=CC=C(C)C(CN1CCCC1=C)n1cc(N)cn1. The van der Waals surface area contributed by atoms with E-state index < -0.39 is 0 Å². The predicted molar refractivity (Wildman–Crippen MR) is 79.6 cm³/mol. The summed E-state index contributed by atoms with van der Waals surface area (Å²) in [6.45, 7) is 12.0. The van der Waals surface area contributed by atoms with Crippen LogP contribution in [0.15, 0.2) is 49.0 Å². The molecule has 0 bridgehead atoms. The van der Waals surface area contributed by atoms with Gasteiger partial charge in [-0.25, -0.2) is 0 Å². The van der Waals surface area contributed by atoms with Gasteiger partial charge >= 0.3 is 0 Å². The number of anilines is 1. The highest BCUT2D eigenvalue weighted by molar-refractivity contribution is 5.31. The normalized spacial score (nSPS) is 17.8. The van der Waals surface area contributed by atoms with Crippen LogP contribution < -0.4 is 5.73 Å². The maximum Gasteiger partial charge on any atom is 0.0904 e. The van der Waals surface area contributed by atoms with Gasteiger partial charge in [-0.2, -0.15) is 5.10 Å². The summed E-state index contributed by atoms with van der Waals surface area (Å²) in [5.74, 6) is 0. The van der Waals surface area contributed by atoms with E-state index in [9.17, 15) is 0 Å². The van der Waals surface area contributed by atoms with E-state index >= 15 is 0 Å². The van der Waals surface area contributed by atoms with Gasteiger partial charge in [0.05, 0.1) is 17.9 Å². The summed E-state index contributed by atoms with van der Waals surface area (Å²) in [5, 5.41) is 4.35. The lowest BCUT2D eigenvalue weighted by molar-refractivity contribution is 0.325. The Morgan fingerprint density at radius 1 is 1.63 bits per heavy atom. The van der Waals surface area contributed by atoms with Gasteiger partial charge in [-0.3, -0.25) is 4.68 Å². The molecule has 1 saturated heterocycles. The van der Waals surface area contributed by atoms with Crippen molar-refractivity contribution in [1.82, 2.24) is 14.7 Å². The quantitative estimate of drug-likeness (QED) is 0.826. The van der Waals surface area contributed by atoms with Crippen LogP contribution in [0.3, 0.4) is 0 Å².